The molecule has 0 aromatic heterocycles. The molecule has 3 heteroatoms. The van der Waals surface area contributed by atoms with E-state index in [0.29, 0.717) is 29.8 Å². The number of halogens is 2. The van der Waals surface area contributed by atoms with Gasteiger partial charge in [-0.25, -0.2) is 4.39 Å². The zero-order valence-electron chi connectivity index (χ0n) is 9.06. The van der Waals surface area contributed by atoms with Crippen LogP contribution in [0.4, 0.5) is 4.39 Å². The molecule has 0 unspecified atom stereocenters. The lowest BCUT2D eigenvalue weighted by atomic mass is 9.89. The first kappa shape index (κ1) is 12.5. The second kappa shape index (κ2) is 4.95. The van der Waals surface area contributed by atoms with Crippen LogP contribution in [-0.2, 0) is 6.42 Å². The van der Waals surface area contributed by atoms with Crippen molar-refractivity contribution in [2.45, 2.75) is 38.7 Å². The summed E-state index contributed by atoms with van der Waals surface area (Å²) in [6.45, 7) is 3.83. The van der Waals surface area contributed by atoms with E-state index in [2.05, 4.69) is 0 Å². The summed E-state index contributed by atoms with van der Waals surface area (Å²) < 4.78 is 13.0. The average Bonchev–Trinajstić information content (AvgIpc) is 2.23. The molecule has 0 radical (unpaired) electrons. The van der Waals surface area contributed by atoms with Crippen molar-refractivity contribution in [3.8, 4) is 0 Å². The SMILES string of the molecule is CCC(O)(CC)Cc1cc(F)ccc1Cl. The Morgan fingerprint density at radius 2 is 1.93 bits per heavy atom. The van der Waals surface area contributed by atoms with Crippen LogP contribution in [0.5, 0.6) is 0 Å². The molecule has 0 atom stereocenters. The van der Waals surface area contributed by atoms with Gasteiger partial charge in [-0.1, -0.05) is 25.4 Å². The fraction of sp³-hybridized carbons (Fsp3) is 0.500. The summed E-state index contributed by atoms with van der Waals surface area (Å²) in [6.07, 6.45) is 1.67. The Kier molecular flexibility index (Phi) is 4.12. The summed E-state index contributed by atoms with van der Waals surface area (Å²) in [5, 5.41) is 10.6. The highest BCUT2D eigenvalue weighted by Crippen LogP contribution is 2.26. The van der Waals surface area contributed by atoms with Crippen molar-refractivity contribution in [2.24, 2.45) is 0 Å². The van der Waals surface area contributed by atoms with Crippen molar-refractivity contribution in [3.63, 3.8) is 0 Å². The lowest BCUT2D eigenvalue weighted by molar-refractivity contribution is 0.0326. The van der Waals surface area contributed by atoms with Crippen LogP contribution in [0.25, 0.3) is 0 Å². The molecule has 0 aliphatic rings. The molecule has 1 aromatic rings. The molecular formula is C12H16ClFO. The van der Waals surface area contributed by atoms with Gasteiger partial charge in [-0.2, -0.15) is 0 Å². The van der Waals surface area contributed by atoms with Crippen molar-refractivity contribution in [3.05, 3.63) is 34.6 Å². The maximum Gasteiger partial charge on any atom is 0.123 e. The Labute approximate surface area is 94.9 Å². The molecule has 15 heavy (non-hydrogen) atoms. The molecule has 0 fully saturated rings. The molecule has 0 spiro atoms. The zero-order valence-corrected chi connectivity index (χ0v) is 9.81. The molecule has 1 rings (SSSR count). The molecule has 1 nitrogen and oxygen atoms in total. The second-order valence-corrected chi connectivity index (χ2v) is 4.25. The quantitative estimate of drug-likeness (QED) is 0.839. The van der Waals surface area contributed by atoms with E-state index >= 15 is 0 Å². The highest BCUT2D eigenvalue weighted by molar-refractivity contribution is 6.31. The number of benzene rings is 1. The Hall–Kier alpha value is -0.600. The van der Waals surface area contributed by atoms with Crippen molar-refractivity contribution in [1.29, 1.82) is 0 Å². The second-order valence-electron chi connectivity index (χ2n) is 3.84. The van der Waals surface area contributed by atoms with E-state index in [1.54, 1.807) is 0 Å². The van der Waals surface area contributed by atoms with Gasteiger partial charge in [-0.05, 0) is 36.6 Å². The molecule has 0 bridgehead atoms. The highest BCUT2D eigenvalue weighted by atomic mass is 35.5. The van der Waals surface area contributed by atoms with Gasteiger partial charge in [0.2, 0.25) is 0 Å². The van der Waals surface area contributed by atoms with E-state index in [-0.39, 0.29) is 5.82 Å². The Balaban J connectivity index is 2.92. The predicted octanol–water partition coefficient (Wildman–Crippen LogP) is 3.57. The van der Waals surface area contributed by atoms with E-state index in [0.717, 1.165) is 0 Å². The van der Waals surface area contributed by atoms with E-state index in [4.69, 9.17) is 11.6 Å². The molecule has 1 N–H and O–H groups in total. The van der Waals surface area contributed by atoms with Gasteiger partial charge >= 0.3 is 0 Å². The predicted molar refractivity (Wildman–Crippen MR) is 60.6 cm³/mol. The molecule has 0 saturated carbocycles. The van der Waals surface area contributed by atoms with Gasteiger partial charge in [0.25, 0.3) is 0 Å². The summed E-state index contributed by atoms with van der Waals surface area (Å²) >= 11 is 5.94. The van der Waals surface area contributed by atoms with Gasteiger partial charge in [0.05, 0.1) is 5.60 Å². The van der Waals surface area contributed by atoms with Gasteiger partial charge < -0.3 is 5.11 Å². The van der Waals surface area contributed by atoms with Crippen molar-refractivity contribution >= 4 is 11.6 Å². The van der Waals surface area contributed by atoms with E-state index in [1.165, 1.54) is 18.2 Å². The number of hydrogen-bond acceptors (Lipinski definition) is 1. The molecule has 0 saturated heterocycles. The summed E-state index contributed by atoms with van der Waals surface area (Å²) in [5.41, 5.74) is -0.111. The van der Waals surface area contributed by atoms with Crippen LogP contribution >= 0.6 is 11.6 Å². The fourth-order valence-electron chi connectivity index (χ4n) is 1.53. The topological polar surface area (TPSA) is 20.2 Å². The van der Waals surface area contributed by atoms with E-state index in [9.17, 15) is 9.50 Å². The average molecular weight is 231 g/mol. The molecule has 0 aliphatic carbocycles. The number of hydrogen-bond donors (Lipinski definition) is 1. The smallest absolute Gasteiger partial charge is 0.123 e. The van der Waals surface area contributed by atoms with Crippen LogP contribution in [0.15, 0.2) is 18.2 Å². The molecule has 0 heterocycles. The fourth-order valence-corrected chi connectivity index (χ4v) is 1.72. The number of rotatable bonds is 4. The minimum absolute atomic E-state index is 0.316. The molecule has 0 amide bonds. The van der Waals surface area contributed by atoms with Crippen molar-refractivity contribution in [2.75, 3.05) is 0 Å². The van der Waals surface area contributed by atoms with Crippen LogP contribution in [0, 0.1) is 5.82 Å². The minimum Gasteiger partial charge on any atom is -0.390 e. The van der Waals surface area contributed by atoms with Crippen LogP contribution in [0.1, 0.15) is 32.3 Å². The van der Waals surface area contributed by atoms with Gasteiger partial charge in [0.15, 0.2) is 0 Å². The standard InChI is InChI=1S/C12H16ClFO/c1-3-12(15,4-2)8-9-7-10(14)5-6-11(9)13/h5-7,15H,3-4,8H2,1-2H3. The van der Waals surface area contributed by atoms with E-state index < -0.39 is 5.60 Å². The monoisotopic (exact) mass is 230 g/mol. The first-order valence-electron chi connectivity index (χ1n) is 5.17. The lowest BCUT2D eigenvalue weighted by Crippen LogP contribution is -2.29. The summed E-state index contributed by atoms with van der Waals surface area (Å²) in [4.78, 5) is 0. The van der Waals surface area contributed by atoms with Gasteiger partial charge in [-0.15, -0.1) is 0 Å². The summed E-state index contributed by atoms with van der Waals surface area (Å²) in [6, 6.07) is 4.24. The minimum atomic E-state index is -0.780. The summed E-state index contributed by atoms with van der Waals surface area (Å²) in [5.74, 6) is -0.316. The maximum absolute atomic E-state index is 13.0. The van der Waals surface area contributed by atoms with Gasteiger partial charge in [0.1, 0.15) is 5.82 Å². The lowest BCUT2D eigenvalue weighted by Gasteiger charge is -2.25. The third kappa shape index (κ3) is 3.18. The first-order valence-corrected chi connectivity index (χ1v) is 5.55. The Morgan fingerprint density at radius 1 is 1.33 bits per heavy atom. The van der Waals surface area contributed by atoms with Crippen molar-refractivity contribution in [1.82, 2.24) is 0 Å². The van der Waals surface area contributed by atoms with Crippen molar-refractivity contribution < 1.29 is 9.50 Å². The third-order valence-corrected chi connectivity index (χ3v) is 3.21. The molecule has 84 valence electrons. The maximum atomic E-state index is 13.0. The van der Waals surface area contributed by atoms with Crippen LogP contribution in [0.2, 0.25) is 5.02 Å². The normalized spacial score (nSPS) is 11.8. The van der Waals surface area contributed by atoms with Gasteiger partial charge in [-0.3, -0.25) is 0 Å². The largest absolute Gasteiger partial charge is 0.390 e. The first-order chi connectivity index (χ1) is 7.00. The van der Waals surface area contributed by atoms with Crippen LogP contribution in [-0.4, -0.2) is 10.7 Å². The van der Waals surface area contributed by atoms with E-state index in [1.807, 2.05) is 13.8 Å². The Morgan fingerprint density at radius 3 is 2.47 bits per heavy atom. The summed E-state index contributed by atoms with van der Waals surface area (Å²) in [7, 11) is 0. The third-order valence-electron chi connectivity index (χ3n) is 2.84. The highest BCUT2D eigenvalue weighted by Gasteiger charge is 2.23. The molecule has 1 aromatic carbocycles. The van der Waals surface area contributed by atoms with Crippen LogP contribution in [0.3, 0.4) is 0 Å². The Bertz CT molecular complexity index is 334. The number of aliphatic hydroxyl groups is 1. The van der Waals surface area contributed by atoms with Gasteiger partial charge in [0, 0.05) is 11.4 Å². The molecular weight excluding hydrogens is 215 g/mol. The zero-order chi connectivity index (χ0) is 11.5. The molecule has 0 aliphatic heterocycles. The van der Waals surface area contributed by atoms with Crippen LogP contribution < -0.4 is 0 Å².